The van der Waals surface area contributed by atoms with Gasteiger partial charge in [0.25, 0.3) is 0 Å². The Labute approximate surface area is 95.4 Å². The number of nitrogens with one attached hydrogen (secondary N) is 1. The molecule has 0 aromatic carbocycles. The summed E-state index contributed by atoms with van der Waals surface area (Å²) < 4.78 is 4.07. The Morgan fingerprint density at radius 1 is 1.53 bits per heavy atom. The van der Waals surface area contributed by atoms with Gasteiger partial charge in [0.15, 0.2) is 0 Å². The predicted molar refractivity (Wildman–Crippen MR) is 61.0 cm³/mol. The van der Waals surface area contributed by atoms with Crippen molar-refractivity contribution < 1.29 is 0 Å². The Morgan fingerprint density at radius 2 is 2.40 bits per heavy atom. The van der Waals surface area contributed by atoms with Gasteiger partial charge in [-0.3, -0.25) is 0 Å². The van der Waals surface area contributed by atoms with E-state index in [1.54, 1.807) is 0 Å². The van der Waals surface area contributed by atoms with E-state index in [4.69, 9.17) is 5.26 Å². The van der Waals surface area contributed by atoms with Gasteiger partial charge in [-0.05, 0) is 19.1 Å². The molecule has 0 atom stereocenters. The van der Waals surface area contributed by atoms with Crippen LogP contribution in [0.5, 0.6) is 0 Å². The molecule has 2 aromatic heterocycles. The molecule has 0 saturated carbocycles. The number of rotatable bonds is 3. The van der Waals surface area contributed by atoms with Crippen molar-refractivity contribution in [1.82, 2.24) is 9.36 Å². The topological polar surface area (TPSA) is 61.6 Å². The van der Waals surface area contributed by atoms with Gasteiger partial charge in [-0.1, -0.05) is 0 Å². The summed E-state index contributed by atoms with van der Waals surface area (Å²) in [6.07, 6.45) is 0. The summed E-state index contributed by atoms with van der Waals surface area (Å²) in [5.74, 6) is 0.784. The second-order valence-electron chi connectivity index (χ2n) is 2.88. The number of nitrogens with zero attached hydrogens (tertiary/aromatic N) is 3. The molecule has 15 heavy (non-hydrogen) atoms. The van der Waals surface area contributed by atoms with Gasteiger partial charge < -0.3 is 5.32 Å². The summed E-state index contributed by atoms with van der Waals surface area (Å²) in [6.45, 7) is 2.56. The van der Waals surface area contributed by atoms with E-state index in [1.807, 2.05) is 19.1 Å². The van der Waals surface area contributed by atoms with Crippen LogP contribution in [0.15, 0.2) is 12.1 Å². The van der Waals surface area contributed by atoms with Crippen LogP contribution in [0.2, 0.25) is 0 Å². The largest absolute Gasteiger partial charge is 0.355 e. The lowest BCUT2D eigenvalue weighted by molar-refractivity contribution is 1.12. The molecule has 0 bridgehead atoms. The fourth-order valence-electron chi connectivity index (χ4n) is 1.06. The Bertz CT molecular complexity index is 494. The maximum atomic E-state index is 8.66. The average molecular weight is 236 g/mol. The zero-order chi connectivity index (χ0) is 10.7. The van der Waals surface area contributed by atoms with Crippen molar-refractivity contribution in [3.8, 4) is 6.07 Å². The minimum Gasteiger partial charge on any atom is -0.355 e. The van der Waals surface area contributed by atoms with Crippen LogP contribution in [-0.4, -0.2) is 9.36 Å². The zero-order valence-electron chi connectivity index (χ0n) is 8.02. The standard InChI is InChI=1S/C9H8N4S2/c1-6-12-9(15-13-6)11-5-8-3-2-7(4-10)14-8/h2-3H,5H2,1H3,(H,11,12,13). The molecule has 2 rings (SSSR count). The zero-order valence-corrected chi connectivity index (χ0v) is 9.65. The van der Waals surface area contributed by atoms with Crippen LogP contribution >= 0.6 is 22.9 Å². The van der Waals surface area contributed by atoms with Crippen molar-refractivity contribution in [2.75, 3.05) is 5.32 Å². The van der Waals surface area contributed by atoms with E-state index in [9.17, 15) is 0 Å². The molecule has 0 spiro atoms. The number of anilines is 1. The molecule has 0 unspecified atom stereocenters. The van der Waals surface area contributed by atoms with Gasteiger partial charge in [0.2, 0.25) is 5.13 Å². The smallest absolute Gasteiger partial charge is 0.202 e. The van der Waals surface area contributed by atoms with Crippen LogP contribution in [0.25, 0.3) is 0 Å². The summed E-state index contributed by atoms with van der Waals surface area (Å²) in [4.78, 5) is 6.05. The molecule has 0 amide bonds. The summed E-state index contributed by atoms with van der Waals surface area (Å²) in [5.41, 5.74) is 0. The van der Waals surface area contributed by atoms with E-state index in [2.05, 4.69) is 20.7 Å². The number of hydrogen-bond donors (Lipinski definition) is 1. The minimum atomic E-state index is 0.695. The first-order valence-corrected chi connectivity index (χ1v) is 5.90. The highest BCUT2D eigenvalue weighted by Gasteiger charge is 2.01. The Balaban J connectivity index is 1.96. The number of nitriles is 1. The first-order chi connectivity index (χ1) is 7.28. The molecular weight excluding hydrogens is 228 g/mol. The molecule has 0 aliphatic rings. The summed E-state index contributed by atoms with van der Waals surface area (Å²) in [5, 5.41) is 12.6. The fourth-order valence-corrected chi connectivity index (χ4v) is 2.38. The van der Waals surface area contributed by atoms with Gasteiger partial charge in [0.05, 0.1) is 6.54 Å². The lowest BCUT2D eigenvalue weighted by atomic mass is 10.4. The fraction of sp³-hybridized carbons (Fsp3) is 0.222. The van der Waals surface area contributed by atoms with Gasteiger partial charge in [-0.2, -0.15) is 9.64 Å². The molecule has 2 heterocycles. The van der Waals surface area contributed by atoms with E-state index in [0.29, 0.717) is 6.54 Å². The molecule has 0 aliphatic heterocycles. The highest BCUT2D eigenvalue weighted by molar-refractivity contribution is 7.12. The summed E-state index contributed by atoms with van der Waals surface area (Å²) in [6, 6.07) is 5.89. The number of aromatic nitrogens is 2. The highest BCUT2D eigenvalue weighted by atomic mass is 32.1. The van der Waals surface area contributed by atoms with E-state index in [1.165, 1.54) is 22.9 Å². The first-order valence-electron chi connectivity index (χ1n) is 4.31. The lowest BCUT2D eigenvalue weighted by Crippen LogP contribution is -1.96. The third kappa shape index (κ3) is 2.52. The predicted octanol–water partition coefficient (Wildman–Crippen LogP) is 2.39. The average Bonchev–Trinajstić information content (AvgIpc) is 2.83. The first kappa shape index (κ1) is 10.1. The number of aryl methyl sites for hydroxylation is 1. The molecule has 2 aromatic rings. The maximum absolute atomic E-state index is 8.66. The Morgan fingerprint density at radius 3 is 3.00 bits per heavy atom. The Kier molecular flexibility index (Phi) is 2.94. The Hall–Kier alpha value is -1.45. The van der Waals surface area contributed by atoms with E-state index in [-0.39, 0.29) is 0 Å². The maximum Gasteiger partial charge on any atom is 0.202 e. The molecule has 0 fully saturated rings. The van der Waals surface area contributed by atoms with Crippen molar-refractivity contribution in [2.24, 2.45) is 0 Å². The molecule has 6 heteroatoms. The summed E-state index contributed by atoms with van der Waals surface area (Å²) in [7, 11) is 0. The van der Waals surface area contributed by atoms with Gasteiger partial charge >= 0.3 is 0 Å². The monoisotopic (exact) mass is 236 g/mol. The third-order valence-electron chi connectivity index (χ3n) is 1.71. The number of thiophene rings is 1. The molecular formula is C9H8N4S2. The van der Waals surface area contributed by atoms with Gasteiger partial charge in [0, 0.05) is 16.4 Å². The molecule has 1 N–H and O–H groups in total. The van der Waals surface area contributed by atoms with Crippen LogP contribution in [0, 0.1) is 18.3 Å². The van der Waals surface area contributed by atoms with Crippen molar-refractivity contribution in [2.45, 2.75) is 13.5 Å². The molecule has 0 aliphatic carbocycles. The van der Waals surface area contributed by atoms with Crippen molar-refractivity contribution in [1.29, 1.82) is 5.26 Å². The van der Waals surface area contributed by atoms with Crippen LogP contribution in [0.1, 0.15) is 15.6 Å². The van der Waals surface area contributed by atoms with Crippen LogP contribution in [0.3, 0.4) is 0 Å². The number of hydrogen-bond acceptors (Lipinski definition) is 6. The molecule has 4 nitrogen and oxygen atoms in total. The summed E-state index contributed by atoms with van der Waals surface area (Å²) >= 11 is 2.84. The molecule has 76 valence electrons. The van der Waals surface area contributed by atoms with Crippen molar-refractivity contribution >= 4 is 28.0 Å². The lowest BCUT2D eigenvalue weighted by Gasteiger charge is -1.97. The SMILES string of the molecule is Cc1nsc(NCc2ccc(C#N)s2)n1. The quantitative estimate of drug-likeness (QED) is 0.888. The van der Waals surface area contributed by atoms with Crippen molar-refractivity contribution in [3.63, 3.8) is 0 Å². The third-order valence-corrected chi connectivity index (χ3v) is 3.47. The van der Waals surface area contributed by atoms with Gasteiger partial charge in [-0.15, -0.1) is 11.3 Å². The minimum absolute atomic E-state index is 0.695. The molecule has 0 radical (unpaired) electrons. The van der Waals surface area contributed by atoms with Gasteiger partial charge in [-0.25, -0.2) is 4.98 Å². The van der Waals surface area contributed by atoms with Crippen LogP contribution in [0.4, 0.5) is 5.13 Å². The van der Waals surface area contributed by atoms with Crippen LogP contribution in [-0.2, 0) is 6.54 Å². The van der Waals surface area contributed by atoms with Crippen molar-refractivity contribution in [3.05, 3.63) is 27.7 Å². The van der Waals surface area contributed by atoms with E-state index in [0.717, 1.165) is 20.7 Å². The molecule has 0 saturated heterocycles. The highest BCUT2D eigenvalue weighted by Crippen LogP contribution is 2.17. The second-order valence-corrected chi connectivity index (χ2v) is 4.80. The normalized spacial score (nSPS) is 9.87. The van der Waals surface area contributed by atoms with Gasteiger partial charge in [0.1, 0.15) is 16.8 Å². The van der Waals surface area contributed by atoms with Crippen LogP contribution < -0.4 is 5.32 Å². The second kappa shape index (κ2) is 4.38. The van der Waals surface area contributed by atoms with E-state index >= 15 is 0 Å². The van der Waals surface area contributed by atoms with E-state index < -0.39 is 0 Å².